The van der Waals surface area contributed by atoms with Crippen LogP contribution in [0.15, 0.2) is 53.5 Å². The number of halogens is 3. The summed E-state index contributed by atoms with van der Waals surface area (Å²) < 4.78 is 46.5. The number of nitrogens with one attached hydrogen (secondary N) is 1. The molecular weight excluding hydrogens is 439 g/mol. The van der Waals surface area contributed by atoms with E-state index < -0.39 is 34.6 Å². The van der Waals surface area contributed by atoms with Crippen molar-refractivity contribution in [2.45, 2.75) is 32.3 Å². The number of carbonyl (C=O) groups is 1. The van der Waals surface area contributed by atoms with Gasteiger partial charge in [0.1, 0.15) is 5.69 Å². The molecule has 0 fully saturated rings. The SMILES string of the molecule is CC(C)(O)CCOC(=O)Nc1cccc(Cc2nn(-c3cc(F)c(F)c(F)c3)ccc2=O)c1. The van der Waals surface area contributed by atoms with E-state index in [1.165, 1.54) is 12.3 Å². The maximum Gasteiger partial charge on any atom is 0.411 e. The molecule has 1 aromatic heterocycles. The van der Waals surface area contributed by atoms with E-state index in [1.54, 1.807) is 38.1 Å². The van der Waals surface area contributed by atoms with Gasteiger partial charge < -0.3 is 9.84 Å². The molecule has 1 amide bonds. The third-order valence-corrected chi connectivity index (χ3v) is 4.61. The van der Waals surface area contributed by atoms with Crippen LogP contribution in [-0.2, 0) is 11.2 Å². The molecule has 0 radical (unpaired) electrons. The maximum absolute atomic E-state index is 13.6. The summed E-state index contributed by atoms with van der Waals surface area (Å²) in [6.07, 6.45) is 0.861. The van der Waals surface area contributed by atoms with Gasteiger partial charge in [-0.05, 0) is 31.5 Å². The van der Waals surface area contributed by atoms with Gasteiger partial charge in [0.15, 0.2) is 17.5 Å². The van der Waals surface area contributed by atoms with Gasteiger partial charge in [-0.3, -0.25) is 10.1 Å². The molecule has 0 spiro atoms. The van der Waals surface area contributed by atoms with E-state index >= 15 is 0 Å². The van der Waals surface area contributed by atoms with Crippen molar-refractivity contribution >= 4 is 11.8 Å². The lowest BCUT2D eigenvalue weighted by molar-refractivity contribution is 0.0469. The van der Waals surface area contributed by atoms with Crippen molar-refractivity contribution in [3.63, 3.8) is 0 Å². The Labute approximate surface area is 187 Å². The molecule has 0 atom stereocenters. The van der Waals surface area contributed by atoms with Gasteiger partial charge in [0.25, 0.3) is 0 Å². The molecule has 2 N–H and O–H groups in total. The molecule has 3 aromatic rings. The van der Waals surface area contributed by atoms with E-state index in [2.05, 4.69) is 10.4 Å². The number of hydrogen-bond acceptors (Lipinski definition) is 5. The highest BCUT2D eigenvalue weighted by Crippen LogP contribution is 2.17. The van der Waals surface area contributed by atoms with Crippen molar-refractivity contribution in [3.8, 4) is 5.69 Å². The van der Waals surface area contributed by atoms with E-state index in [9.17, 15) is 27.9 Å². The summed E-state index contributed by atoms with van der Waals surface area (Å²) in [6.45, 7) is 3.24. The molecule has 10 heteroatoms. The smallest absolute Gasteiger partial charge is 0.411 e. The van der Waals surface area contributed by atoms with Crippen LogP contribution in [0.4, 0.5) is 23.7 Å². The highest BCUT2D eigenvalue weighted by molar-refractivity contribution is 5.84. The van der Waals surface area contributed by atoms with Crippen molar-refractivity contribution < 1.29 is 27.8 Å². The molecule has 7 nitrogen and oxygen atoms in total. The van der Waals surface area contributed by atoms with Crippen molar-refractivity contribution in [1.29, 1.82) is 0 Å². The van der Waals surface area contributed by atoms with Gasteiger partial charge in [-0.2, -0.15) is 5.10 Å². The van der Waals surface area contributed by atoms with Crippen LogP contribution in [0.3, 0.4) is 0 Å². The Hall–Kier alpha value is -3.66. The second-order valence-electron chi connectivity index (χ2n) is 8.00. The number of nitrogens with zero attached hydrogens (tertiary/aromatic N) is 2. The number of ether oxygens (including phenoxy) is 1. The minimum atomic E-state index is -1.59. The number of anilines is 1. The zero-order valence-electron chi connectivity index (χ0n) is 17.9. The molecular formula is C23H22F3N3O4. The molecule has 0 saturated heterocycles. The second-order valence-corrected chi connectivity index (χ2v) is 8.00. The standard InChI is InChI=1S/C23H22F3N3O4/c1-23(2,32)7-9-33-22(31)27-15-5-3-4-14(10-15)11-19-20(30)6-8-29(28-19)16-12-17(24)21(26)18(25)13-16/h3-6,8,10,12-13,32H,7,9,11H2,1-2H3,(H,27,31). The predicted octanol–water partition coefficient (Wildman–Crippen LogP) is 3.95. The van der Waals surface area contributed by atoms with Crippen molar-refractivity contribution in [1.82, 2.24) is 9.78 Å². The van der Waals surface area contributed by atoms with Crippen LogP contribution in [0.2, 0.25) is 0 Å². The molecule has 0 aliphatic rings. The van der Waals surface area contributed by atoms with Crippen LogP contribution in [0.5, 0.6) is 0 Å². The molecule has 0 saturated carbocycles. The lowest BCUT2D eigenvalue weighted by Gasteiger charge is -2.16. The summed E-state index contributed by atoms with van der Waals surface area (Å²) in [6, 6.07) is 9.34. The predicted molar refractivity (Wildman–Crippen MR) is 115 cm³/mol. The second kappa shape index (κ2) is 9.86. The molecule has 0 aliphatic heterocycles. The number of hydrogen-bond donors (Lipinski definition) is 2. The van der Waals surface area contributed by atoms with Gasteiger partial charge in [-0.1, -0.05) is 12.1 Å². The molecule has 33 heavy (non-hydrogen) atoms. The summed E-state index contributed by atoms with van der Waals surface area (Å²) in [7, 11) is 0. The Morgan fingerprint density at radius 1 is 1.15 bits per heavy atom. The maximum atomic E-state index is 13.6. The van der Waals surface area contributed by atoms with Gasteiger partial charge in [-0.15, -0.1) is 0 Å². The molecule has 174 valence electrons. The monoisotopic (exact) mass is 461 g/mol. The van der Waals surface area contributed by atoms with Crippen molar-refractivity contribution in [3.05, 3.63) is 87.6 Å². The first-order valence-corrected chi connectivity index (χ1v) is 10.0. The van der Waals surface area contributed by atoms with Crippen LogP contribution < -0.4 is 10.7 Å². The Morgan fingerprint density at radius 3 is 2.52 bits per heavy atom. The van der Waals surface area contributed by atoms with E-state index in [0.29, 0.717) is 11.3 Å². The fourth-order valence-corrected chi connectivity index (χ4v) is 2.89. The van der Waals surface area contributed by atoms with E-state index in [0.717, 1.165) is 16.8 Å². The Morgan fingerprint density at radius 2 is 1.85 bits per heavy atom. The largest absolute Gasteiger partial charge is 0.449 e. The highest BCUT2D eigenvalue weighted by atomic mass is 19.2. The number of amides is 1. The van der Waals surface area contributed by atoms with Crippen LogP contribution in [0, 0.1) is 17.5 Å². The number of aliphatic hydroxyl groups is 1. The first-order valence-electron chi connectivity index (χ1n) is 10.0. The van der Waals surface area contributed by atoms with Crippen molar-refractivity contribution in [2.75, 3.05) is 11.9 Å². The minimum Gasteiger partial charge on any atom is -0.449 e. The first-order chi connectivity index (χ1) is 15.5. The molecule has 0 bridgehead atoms. The molecule has 0 aliphatic carbocycles. The van der Waals surface area contributed by atoms with Crippen LogP contribution in [0.1, 0.15) is 31.5 Å². The highest BCUT2D eigenvalue weighted by Gasteiger charge is 2.15. The summed E-state index contributed by atoms with van der Waals surface area (Å²) in [5.41, 5.74) is -0.327. The lowest BCUT2D eigenvalue weighted by atomic mass is 10.1. The molecule has 0 unspecified atom stereocenters. The molecule has 1 heterocycles. The Bertz CT molecular complexity index is 1200. The average molecular weight is 461 g/mol. The number of benzene rings is 2. The quantitative estimate of drug-likeness (QED) is 0.520. The summed E-state index contributed by atoms with van der Waals surface area (Å²) in [5, 5.41) is 16.3. The summed E-state index contributed by atoms with van der Waals surface area (Å²) in [5.74, 6) is -4.34. The van der Waals surface area contributed by atoms with Gasteiger partial charge in [0.05, 0.1) is 17.9 Å². The van der Waals surface area contributed by atoms with Crippen molar-refractivity contribution in [2.24, 2.45) is 0 Å². The fraction of sp³-hybridized carbons (Fsp3) is 0.261. The van der Waals surface area contributed by atoms with Crippen LogP contribution in [-0.4, -0.2) is 33.2 Å². The van der Waals surface area contributed by atoms with Gasteiger partial charge >= 0.3 is 6.09 Å². The van der Waals surface area contributed by atoms with Crippen LogP contribution in [0.25, 0.3) is 5.69 Å². The topological polar surface area (TPSA) is 93.4 Å². The number of rotatable bonds is 7. The van der Waals surface area contributed by atoms with Gasteiger partial charge in [0.2, 0.25) is 5.43 Å². The van der Waals surface area contributed by atoms with Crippen LogP contribution >= 0.6 is 0 Å². The molecule has 3 rings (SSSR count). The van der Waals surface area contributed by atoms with Gasteiger partial charge in [-0.25, -0.2) is 22.6 Å². The Kier molecular flexibility index (Phi) is 7.17. The number of carbonyl (C=O) groups excluding carboxylic acids is 1. The normalized spacial score (nSPS) is 11.3. The fourth-order valence-electron chi connectivity index (χ4n) is 2.89. The lowest BCUT2D eigenvalue weighted by Crippen LogP contribution is -2.23. The summed E-state index contributed by atoms with van der Waals surface area (Å²) in [4.78, 5) is 24.2. The third kappa shape index (κ3) is 6.66. The first kappa shape index (κ1) is 24.0. The van der Waals surface area contributed by atoms with E-state index in [-0.39, 0.29) is 30.8 Å². The Balaban J connectivity index is 1.74. The zero-order valence-corrected chi connectivity index (χ0v) is 17.9. The van der Waals surface area contributed by atoms with E-state index in [1.807, 2.05) is 0 Å². The minimum absolute atomic E-state index is 0.0348. The van der Waals surface area contributed by atoms with Gasteiger partial charge in [0, 0.05) is 42.9 Å². The number of aromatic nitrogens is 2. The summed E-state index contributed by atoms with van der Waals surface area (Å²) >= 11 is 0. The zero-order chi connectivity index (χ0) is 24.2. The third-order valence-electron chi connectivity index (χ3n) is 4.61. The van der Waals surface area contributed by atoms with E-state index in [4.69, 9.17) is 4.74 Å². The average Bonchev–Trinajstić information content (AvgIpc) is 2.72. The molecule has 2 aromatic carbocycles.